The molecule has 0 atom stereocenters. The molecule has 0 aliphatic rings. The Balaban J connectivity index is 0.00000264. The fourth-order valence-electron chi connectivity index (χ4n) is 2.21. The van der Waals surface area contributed by atoms with E-state index in [1.807, 2.05) is 36.4 Å². The fraction of sp³-hybridized carbons (Fsp3) is 0.278. The summed E-state index contributed by atoms with van der Waals surface area (Å²) in [6.07, 6.45) is 0. The first-order chi connectivity index (χ1) is 10.4. The molecule has 0 saturated carbocycles. The maximum absolute atomic E-state index is 12.2. The quantitative estimate of drug-likeness (QED) is 0.800. The van der Waals surface area contributed by atoms with Crippen LogP contribution in [-0.2, 0) is 12.0 Å². The van der Waals surface area contributed by atoms with E-state index in [0.29, 0.717) is 18.7 Å². The molecule has 124 valence electrons. The van der Waals surface area contributed by atoms with Gasteiger partial charge in [0.05, 0.1) is 0 Å². The number of amides is 1. The predicted octanol–water partition coefficient (Wildman–Crippen LogP) is 4.04. The van der Waals surface area contributed by atoms with Crippen molar-refractivity contribution in [1.29, 1.82) is 0 Å². The van der Waals surface area contributed by atoms with Gasteiger partial charge in [-0.3, -0.25) is 4.79 Å². The van der Waals surface area contributed by atoms with Crippen molar-refractivity contribution in [3.05, 3.63) is 69.7 Å². The molecule has 0 radical (unpaired) electrons. The lowest BCUT2D eigenvalue weighted by atomic mass is 9.84. The molecule has 0 aliphatic carbocycles. The van der Waals surface area contributed by atoms with Gasteiger partial charge in [-0.25, -0.2) is 0 Å². The highest BCUT2D eigenvalue weighted by atomic mass is 79.9. The van der Waals surface area contributed by atoms with Crippen molar-refractivity contribution in [3.8, 4) is 0 Å². The fourth-order valence-corrected chi connectivity index (χ4v) is 2.61. The van der Waals surface area contributed by atoms with Crippen LogP contribution in [0.1, 0.15) is 35.3 Å². The molecule has 3 N–H and O–H groups in total. The van der Waals surface area contributed by atoms with Crippen molar-refractivity contribution in [2.45, 2.75) is 25.8 Å². The second kappa shape index (κ2) is 8.48. The first kappa shape index (κ1) is 19.7. The van der Waals surface area contributed by atoms with E-state index in [4.69, 9.17) is 5.73 Å². The average Bonchev–Trinajstić information content (AvgIpc) is 2.53. The van der Waals surface area contributed by atoms with Gasteiger partial charge >= 0.3 is 0 Å². The van der Waals surface area contributed by atoms with Gasteiger partial charge in [-0.1, -0.05) is 54.0 Å². The van der Waals surface area contributed by atoms with Gasteiger partial charge in [0.15, 0.2) is 0 Å². The Hall–Kier alpha value is -1.36. The molecule has 0 spiro atoms. The van der Waals surface area contributed by atoms with Gasteiger partial charge < -0.3 is 11.1 Å². The number of nitrogens with two attached hydrogens (primary N) is 1. The van der Waals surface area contributed by atoms with Crippen LogP contribution in [-0.4, -0.2) is 12.5 Å². The smallest absolute Gasteiger partial charge is 0.251 e. The highest BCUT2D eigenvalue weighted by molar-refractivity contribution is 9.10. The third-order valence-electron chi connectivity index (χ3n) is 3.75. The number of rotatable bonds is 5. The third kappa shape index (κ3) is 5.34. The number of halogens is 2. The van der Waals surface area contributed by atoms with E-state index in [-0.39, 0.29) is 23.7 Å². The zero-order valence-electron chi connectivity index (χ0n) is 13.3. The van der Waals surface area contributed by atoms with E-state index in [1.165, 1.54) is 5.56 Å². The monoisotopic (exact) mass is 396 g/mol. The highest BCUT2D eigenvalue weighted by Gasteiger charge is 2.21. The number of carbonyl (C=O) groups excluding carboxylic acids is 1. The maximum Gasteiger partial charge on any atom is 0.251 e. The molecular weight excluding hydrogens is 376 g/mol. The number of hydrogen-bond donors (Lipinski definition) is 2. The van der Waals surface area contributed by atoms with Crippen molar-refractivity contribution in [1.82, 2.24) is 5.32 Å². The van der Waals surface area contributed by atoms with Crippen LogP contribution in [0.15, 0.2) is 53.0 Å². The van der Waals surface area contributed by atoms with Crippen molar-refractivity contribution in [2.75, 3.05) is 6.54 Å². The molecule has 2 rings (SSSR count). The Kier molecular flexibility index (Phi) is 7.26. The van der Waals surface area contributed by atoms with Gasteiger partial charge in [-0.15, -0.1) is 12.4 Å². The van der Waals surface area contributed by atoms with Gasteiger partial charge in [0.2, 0.25) is 0 Å². The average molecular weight is 398 g/mol. The van der Waals surface area contributed by atoms with E-state index >= 15 is 0 Å². The van der Waals surface area contributed by atoms with E-state index < -0.39 is 0 Å². The van der Waals surface area contributed by atoms with Crippen LogP contribution >= 0.6 is 28.3 Å². The molecule has 5 heteroatoms. The van der Waals surface area contributed by atoms with Crippen molar-refractivity contribution >= 4 is 34.2 Å². The van der Waals surface area contributed by atoms with Gasteiger partial charge in [0, 0.05) is 28.5 Å². The van der Waals surface area contributed by atoms with Crippen LogP contribution in [0, 0.1) is 0 Å². The van der Waals surface area contributed by atoms with Gasteiger partial charge in [0.1, 0.15) is 0 Å². The van der Waals surface area contributed by atoms with Crippen LogP contribution in [0.3, 0.4) is 0 Å². The van der Waals surface area contributed by atoms with Crippen molar-refractivity contribution in [3.63, 3.8) is 0 Å². The Morgan fingerprint density at radius 3 is 2.39 bits per heavy atom. The van der Waals surface area contributed by atoms with Crippen molar-refractivity contribution in [2.24, 2.45) is 5.73 Å². The Labute approximate surface area is 152 Å². The summed E-state index contributed by atoms with van der Waals surface area (Å²) in [5.74, 6) is -0.0633. The molecule has 0 saturated heterocycles. The van der Waals surface area contributed by atoms with Crippen LogP contribution in [0.2, 0.25) is 0 Å². The molecular formula is C18H22BrClN2O. The van der Waals surface area contributed by atoms with E-state index in [1.54, 1.807) is 0 Å². The van der Waals surface area contributed by atoms with E-state index in [2.05, 4.69) is 47.2 Å². The minimum atomic E-state index is -0.142. The Morgan fingerprint density at radius 2 is 1.83 bits per heavy atom. The zero-order chi connectivity index (χ0) is 16.2. The normalized spacial score (nSPS) is 10.8. The molecule has 0 aliphatic heterocycles. The van der Waals surface area contributed by atoms with Gasteiger partial charge in [-0.05, 0) is 35.4 Å². The lowest BCUT2D eigenvalue weighted by Crippen LogP contribution is -2.36. The molecule has 23 heavy (non-hydrogen) atoms. The summed E-state index contributed by atoms with van der Waals surface area (Å²) in [7, 11) is 0. The summed E-state index contributed by atoms with van der Waals surface area (Å²) in [6.45, 7) is 5.29. The van der Waals surface area contributed by atoms with E-state index in [9.17, 15) is 4.79 Å². The lowest BCUT2D eigenvalue weighted by Gasteiger charge is -2.26. The molecule has 3 nitrogen and oxygen atoms in total. The molecule has 0 heterocycles. The number of hydrogen-bond acceptors (Lipinski definition) is 2. The van der Waals surface area contributed by atoms with Crippen LogP contribution < -0.4 is 11.1 Å². The molecule has 0 unspecified atom stereocenters. The standard InChI is InChI=1S/C18H21BrN2O.ClH/c1-18(2,15-4-3-5-16(19)10-15)12-21-17(22)14-8-6-13(11-20)7-9-14;/h3-10H,11-12,20H2,1-2H3,(H,21,22);1H. The minimum absolute atomic E-state index is 0. The lowest BCUT2D eigenvalue weighted by molar-refractivity contribution is 0.0945. The summed E-state index contributed by atoms with van der Waals surface area (Å²) in [5, 5.41) is 3.01. The SMILES string of the molecule is CC(C)(CNC(=O)c1ccc(CN)cc1)c1cccc(Br)c1.Cl. The van der Waals surface area contributed by atoms with Crippen LogP contribution in [0.25, 0.3) is 0 Å². The Morgan fingerprint density at radius 1 is 1.17 bits per heavy atom. The molecule has 0 fully saturated rings. The first-order valence-corrected chi connectivity index (χ1v) is 8.05. The van der Waals surface area contributed by atoms with Gasteiger partial charge in [-0.2, -0.15) is 0 Å². The summed E-state index contributed by atoms with van der Waals surface area (Å²) < 4.78 is 1.04. The summed E-state index contributed by atoms with van der Waals surface area (Å²) in [6, 6.07) is 15.6. The van der Waals surface area contributed by atoms with Crippen molar-refractivity contribution < 1.29 is 4.79 Å². The Bertz CT molecular complexity index is 656. The van der Waals surface area contributed by atoms with Crippen LogP contribution in [0.5, 0.6) is 0 Å². The molecule has 2 aromatic rings. The molecule has 0 bridgehead atoms. The van der Waals surface area contributed by atoms with E-state index in [0.717, 1.165) is 10.0 Å². The second-order valence-corrected chi connectivity index (χ2v) is 6.89. The van der Waals surface area contributed by atoms with Gasteiger partial charge in [0.25, 0.3) is 5.91 Å². The van der Waals surface area contributed by atoms with Crippen LogP contribution in [0.4, 0.5) is 0 Å². The molecule has 2 aromatic carbocycles. The largest absolute Gasteiger partial charge is 0.351 e. The minimum Gasteiger partial charge on any atom is -0.351 e. The number of benzene rings is 2. The molecule has 0 aromatic heterocycles. The summed E-state index contributed by atoms with van der Waals surface area (Å²) >= 11 is 3.49. The third-order valence-corrected chi connectivity index (χ3v) is 4.24. The summed E-state index contributed by atoms with van der Waals surface area (Å²) in [4.78, 5) is 12.2. The number of nitrogens with one attached hydrogen (secondary N) is 1. The predicted molar refractivity (Wildman–Crippen MR) is 101 cm³/mol. The number of carbonyl (C=O) groups is 1. The highest BCUT2D eigenvalue weighted by Crippen LogP contribution is 2.25. The molecule has 1 amide bonds. The topological polar surface area (TPSA) is 55.1 Å². The maximum atomic E-state index is 12.2. The summed E-state index contributed by atoms with van der Waals surface area (Å²) in [5.41, 5.74) is 8.28. The first-order valence-electron chi connectivity index (χ1n) is 7.25. The zero-order valence-corrected chi connectivity index (χ0v) is 15.7. The second-order valence-electron chi connectivity index (χ2n) is 5.98.